The molecule has 1 aliphatic heterocycles. The summed E-state index contributed by atoms with van der Waals surface area (Å²) in [6.07, 6.45) is -0.199. The summed E-state index contributed by atoms with van der Waals surface area (Å²) in [5, 5.41) is 8.74. The van der Waals surface area contributed by atoms with Gasteiger partial charge >= 0.3 is 0 Å². The number of anilines is 1. The van der Waals surface area contributed by atoms with E-state index in [1.165, 1.54) is 0 Å². The average molecular weight is 282 g/mol. The van der Waals surface area contributed by atoms with Gasteiger partial charge in [-0.25, -0.2) is 0 Å². The van der Waals surface area contributed by atoms with Gasteiger partial charge in [-0.05, 0) is 36.4 Å². The molecule has 0 aliphatic carbocycles. The fourth-order valence-electron chi connectivity index (χ4n) is 2.03. The van der Waals surface area contributed by atoms with Crippen molar-refractivity contribution in [3.8, 4) is 23.3 Å². The Labute approximate surface area is 122 Å². The van der Waals surface area contributed by atoms with Crippen LogP contribution < -0.4 is 19.9 Å². The van der Waals surface area contributed by atoms with Crippen molar-refractivity contribution in [1.29, 1.82) is 5.26 Å². The molecular formula is C16H14N2O3. The third-order valence-electron chi connectivity index (χ3n) is 3.11. The number of fused-ring (bicyclic) bond motifs is 1. The Morgan fingerprint density at radius 3 is 2.76 bits per heavy atom. The molecule has 5 heteroatoms. The number of benzene rings is 2. The third-order valence-corrected chi connectivity index (χ3v) is 3.11. The van der Waals surface area contributed by atoms with E-state index >= 15 is 0 Å². The molecule has 3 rings (SSSR count). The van der Waals surface area contributed by atoms with E-state index in [0.717, 1.165) is 0 Å². The van der Waals surface area contributed by atoms with Gasteiger partial charge < -0.3 is 19.9 Å². The molecule has 5 nitrogen and oxygen atoms in total. The molecule has 0 saturated heterocycles. The van der Waals surface area contributed by atoms with E-state index in [4.69, 9.17) is 25.2 Å². The Hall–Kier alpha value is -2.87. The topological polar surface area (TPSA) is 77.5 Å². The molecule has 0 bridgehead atoms. The average Bonchev–Trinajstić information content (AvgIpc) is 2.53. The van der Waals surface area contributed by atoms with Gasteiger partial charge in [0.05, 0.1) is 11.6 Å². The quantitative estimate of drug-likeness (QED) is 0.874. The number of rotatable bonds is 3. The van der Waals surface area contributed by atoms with E-state index in [-0.39, 0.29) is 6.10 Å². The Morgan fingerprint density at radius 2 is 2.00 bits per heavy atom. The van der Waals surface area contributed by atoms with Gasteiger partial charge in [-0.15, -0.1) is 0 Å². The van der Waals surface area contributed by atoms with Crippen LogP contribution in [0.15, 0.2) is 42.5 Å². The lowest BCUT2D eigenvalue weighted by Gasteiger charge is -2.26. The smallest absolute Gasteiger partial charge is 0.166 e. The van der Waals surface area contributed by atoms with Crippen LogP contribution >= 0.6 is 0 Å². The van der Waals surface area contributed by atoms with Crippen molar-refractivity contribution in [1.82, 2.24) is 0 Å². The van der Waals surface area contributed by atoms with Crippen LogP contribution in [0.25, 0.3) is 0 Å². The Morgan fingerprint density at radius 1 is 1.19 bits per heavy atom. The molecule has 21 heavy (non-hydrogen) atoms. The van der Waals surface area contributed by atoms with Gasteiger partial charge in [-0.1, -0.05) is 0 Å². The molecule has 0 spiro atoms. The second kappa shape index (κ2) is 5.63. The van der Waals surface area contributed by atoms with Crippen LogP contribution in [0.4, 0.5) is 5.69 Å². The summed E-state index contributed by atoms with van der Waals surface area (Å²) in [5.74, 6) is 2.02. The van der Waals surface area contributed by atoms with Gasteiger partial charge in [0.15, 0.2) is 17.6 Å². The number of nitrogens with two attached hydrogens (primary N) is 1. The summed E-state index contributed by atoms with van der Waals surface area (Å²) in [4.78, 5) is 0. The fraction of sp³-hybridized carbons (Fsp3) is 0.188. The summed E-state index contributed by atoms with van der Waals surface area (Å²) in [6, 6.07) is 14.3. The predicted molar refractivity (Wildman–Crippen MR) is 77.4 cm³/mol. The second-order valence-electron chi connectivity index (χ2n) is 4.70. The zero-order chi connectivity index (χ0) is 14.7. The van der Waals surface area contributed by atoms with Crippen molar-refractivity contribution in [3.05, 3.63) is 48.0 Å². The SMILES string of the molecule is N#Cc1ccc(OC[C@H]2COc3ccc(N)cc3O2)cc1. The number of nitriles is 1. The second-order valence-corrected chi connectivity index (χ2v) is 4.70. The van der Waals surface area contributed by atoms with Gasteiger partial charge in [0.1, 0.15) is 19.0 Å². The molecule has 1 heterocycles. The minimum atomic E-state index is -0.199. The predicted octanol–water partition coefficient (Wildman–Crippen LogP) is 2.36. The van der Waals surface area contributed by atoms with E-state index in [1.54, 1.807) is 42.5 Å². The van der Waals surface area contributed by atoms with Crippen LogP contribution in [0, 0.1) is 11.3 Å². The van der Waals surface area contributed by atoms with E-state index in [1.807, 2.05) is 0 Å². The lowest BCUT2D eigenvalue weighted by Crippen LogP contribution is -2.34. The van der Waals surface area contributed by atoms with Gasteiger partial charge in [0.25, 0.3) is 0 Å². The lowest BCUT2D eigenvalue weighted by atomic mass is 10.2. The number of hydrogen-bond acceptors (Lipinski definition) is 5. The first-order valence-corrected chi connectivity index (χ1v) is 6.56. The van der Waals surface area contributed by atoms with Gasteiger partial charge in [0.2, 0.25) is 0 Å². The number of nitrogens with zero attached hydrogens (tertiary/aromatic N) is 1. The first kappa shape index (κ1) is 13.1. The van der Waals surface area contributed by atoms with Crippen molar-refractivity contribution in [3.63, 3.8) is 0 Å². The standard InChI is InChI=1S/C16H14N2O3/c17-8-11-1-4-13(5-2-11)19-9-14-10-20-15-6-3-12(18)7-16(15)21-14/h1-7,14H,9-10,18H2/t14-/m0/s1. The summed E-state index contributed by atoms with van der Waals surface area (Å²) in [6.45, 7) is 0.785. The van der Waals surface area contributed by atoms with Crippen LogP contribution in [0.3, 0.4) is 0 Å². The molecule has 0 fully saturated rings. The molecule has 2 aromatic carbocycles. The van der Waals surface area contributed by atoms with Crippen molar-refractivity contribution in [2.75, 3.05) is 18.9 Å². The molecular weight excluding hydrogens is 268 g/mol. The summed E-state index contributed by atoms with van der Waals surface area (Å²) >= 11 is 0. The highest BCUT2D eigenvalue weighted by atomic mass is 16.6. The Bertz CT molecular complexity index is 677. The maximum absolute atomic E-state index is 8.74. The number of nitrogen functional groups attached to an aromatic ring is 1. The maximum Gasteiger partial charge on any atom is 0.166 e. The highest BCUT2D eigenvalue weighted by molar-refractivity contribution is 5.52. The van der Waals surface area contributed by atoms with Crippen LogP contribution in [0.1, 0.15) is 5.56 Å². The van der Waals surface area contributed by atoms with Gasteiger partial charge in [-0.3, -0.25) is 0 Å². The first-order valence-electron chi connectivity index (χ1n) is 6.56. The van der Waals surface area contributed by atoms with Crippen LogP contribution in [0.5, 0.6) is 17.2 Å². The van der Waals surface area contributed by atoms with E-state index < -0.39 is 0 Å². The number of hydrogen-bond donors (Lipinski definition) is 1. The minimum absolute atomic E-state index is 0.199. The van der Waals surface area contributed by atoms with Gasteiger partial charge in [-0.2, -0.15) is 5.26 Å². The highest BCUT2D eigenvalue weighted by Crippen LogP contribution is 2.33. The van der Waals surface area contributed by atoms with E-state index in [9.17, 15) is 0 Å². The largest absolute Gasteiger partial charge is 0.490 e. The molecule has 106 valence electrons. The first-order chi connectivity index (χ1) is 10.2. The minimum Gasteiger partial charge on any atom is -0.490 e. The fourth-order valence-corrected chi connectivity index (χ4v) is 2.03. The van der Waals surface area contributed by atoms with Crippen LogP contribution in [-0.2, 0) is 0 Å². The molecule has 0 aromatic heterocycles. The van der Waals surface area contributed by atoms with Crippen molar-refractivity contribution >= 4 is 5.69 Å². The van der Waals surface area contributed by atoms with E-state index in [0.29, 0.717) is 41.7 Å². The molecule has 1 aliphatic rings. The Balaban J connectivity index is 1.60. The molecule has 0 unspecified atom stereocenters. The molecule has 2 aromatic rings. The Kier molecular flexibility index (Phi) is 3.52. The normalized spacial score (nSPS) is 16.0. The van der Waals surface area contributed by atoms with Crippen molar-refractivity contribution < 1.29 is 14.2 Å². The van der Waals surface area contributed by atoms with Crippen molar-refractivity contribution in [2.24, 2.45) is 0 Å². The monoisotopic (exact) mass is 282 g/mol. The van der Waals surface area contributed by atoms with Crippen LogP contribution in [-0.4, -0.2) is 19.3 Å². The summed E-state index contributed by atoms with van der Waals surface area (Å²) < 4.78 is 17.1. The number of ether oxygens (including phenoxy) is 3. The van der Waals surface area contributed by atoms with Crippen molar-refractivity contribution in [2.45, 2.75) is 6.10 Å². The lowest BCUT2D eigenvalue weighted by molar-refractivity contribution is 0.0536. The maximum atomic E-state index is 8.74. The summed E-state index contributed by atoms with van der Waals surface area (Å²) in [5.41, 5.74) is 6.96. The highest BCUT2D eigenvalue weighted by Gasteiger charge is 2.21. The molecule has 0 saturated carbocycles. The molecule has 1 atom stereocenters. The molecule has 2 N–H and O–H groups in total. The van der Waals surface area contributed by atoms with Crippen LogP contribution in [0.2, 0.25) is 0 Å². The van der Waals surface area contributed by atoms with Gasteiger partial charge in [0, 0.05) is 11.8 Å². The molecule has 0 radical (unpaired) electrons. The molecule has 0 amide bonds. The zero-order valence-corrected chi connectivity index (χ0v) is 11.3. The summed E-state index contributed by atoms with van der Waals surface area (Å²) in [7, 11) is 0. The zero-order valence-electron chi connectivity index (χ0n) is 11.3. The van der Waals surface area contributed by atoms with E-state index in [2.05, 4.69) is 6.07 Å². The third kappa shape index (κ3) is 3.00.